The van der Waals surface area contributed by atoms with Gasteiger partial charge in [0.1, 0.15) is 11.3 Å². The average Bonchev–Trinajstić information content (AvgIpc) is 4.06. The maximum atomic E-state index is 5.53. The molecule has 0 atom stereocenters. The van der Waals surface area contributed by atoms with Crippen LogP contribution in [0.3, 0.4) is 0 Å². The number of para-hydroxylation sites is 5. The molecule has 0 saturated heterocycles. The summed E-state index contributed by atoms with van der Waals surface area (Å²) >= 11 is 0. The first-order valence-corrected chi connectivity index (χ1v) is 22.7. The minimum absolute atomic E-state index is 0.256. The molecule has 11 aromatic rings. The Balaban J connectivity index is 1.08. The second-order valence-corrected chi connectivity index (χ2v) is 17.6. The van der Waals surface area contributed by atoms with Crippen molar-refractivity contribution in [3.05, 3.63) is 242 Å². The number of allylic oxidation sites excluding steroid dienone is 5. The number of benzene rings is 8. The third-order valence-corrected chi connectivity index (χ3v) is 13.6. The van der Waals surface area contributed by atoms with E-state index in [0.29, 0.717) is 0 Å². The van der Waals surface area contributed by atoms with Crippen LogP contribution in [0.1, 0.15) is 37.7 Å². The highest BCUT2D eigenvalue weighted by atomic mass is 15.2. The van der Waals surface area contributed by atoms with Crippen LogP contribution in [-0.4, -0.2) is 18.7 Å². The molecule has 12 rings (SSSR count). The van der Waals surface area contributed by atoms with E-state index in [1.54, 1.807) is 0 Å². The summed E-state index contributed by atoms with van der Waals surface area (Å²) in [4.78, 5) is 7.89. The Morgan fingerprint density at radius 1 is 0.515 bits per heavy atom. The fourth-order valence-electron chi connectivity index (χ4n) is 10.5. The zero-order valence-electron chi connectivity index (χ0n) is 37.2. The molecular weight excluding hydrogens is 803 g/mol. The van der Waals surface area contributed by atoms with E-state index >= 15 is 0 Å². The molecule has 0 bridgehead atoms. The van der Waals surface area contributed by atoms with Crippen LogP contribution in [0, 0.1) is 0 Å². The lowest BCUT2D eigenvalue weighted by Crippen LogP contribution is -2.17. The molecule has 66 heavy (non-hydrogen) atoms. The van der Waals surface area contributed by atoms with Crippen molar-refractivity contribution in [1.82, 2.24) is 18.7 Å². The molecular formula is C61H47N5. The number of fused-ring (bicyclic) bond motifs is 9. The molecule has 0 aliphatic heterocycles. The summed E-state index contributed by atoms with van der Waals surface area (Å²) < 4.78 is 7.14. The minimum atomic E-state index is -0.256. The molecule has 3 aromatic heterocycles. The van der Waals surface area contributed by atoms with E-state index in [4.69, 9.17) is 4.98 Å². The van der Waals surface area contributed by atoms with Gasteiger partial charge in [-0.15, -0.1) is 0 Å². The van der Waals surface area contributed by atoms with Crippen LogP contribution >= 0.6 is 0 Å². The molecule has 5 heteroatoms. The van der Waals surface area contributed by atoms with Crippen LogP contribution in [0.4, 0.5) is 17.1 Å². The topological polar surface area (TPSA) is 30.9 Å². The van der Waals surface area contributed by atoms with Crippen molar-refractivity contribution in [2.45, 2.75) is 26.2 Å². The van der Waals surface area contributed by atoms with Crippen molar-refractivity contribution in [3.63, 3.8) is 0 Å². The quantitative estimate of drug-likeness (QED) is 0.136. The Labute approximate surface area is 384 Å². The van der Waals surface area contributed by atoms with Crippen molar-refractivity contribution in [2.75, 3.05) is 4.90 Å². The molecule has 0 unspecified atom stereocenters. The normalized spacial score (nSPS) is 13.3. The van der Waals surface area contributed by atoms with Crippen LogP contribution in [0.2, 0.25) is 0 Å². The largest absolute Gasteiger partial charge is 0.310 e. The van der Waals surface area contributed by atoms with E-state index in [2.05, 4.69) is 252 Å². The second-order valence-electron chi connectivity index (χ2n) is 17.6. The van der Waals surface area contributed by atoms with E-state index in [0.717, 1.165) is 73.1 Å². The number of rotatable bonds is 9. The molecule has 316 valence electrons. The summed E-state index contributed by atoms with van der Waals surface area (Å²) in [7, 11) is 0. The minimum Gasteiger partial charge on any atom is -0.310 e. The van der Waals surface area contributed by atoms with E-state index in [9.17, 15) is 0 Å². The van der Waals surface area contributed by atoms with Crippen molar-refractivity contribution >= 4 is 66.5 Å². The molecule has 3 heterocycles. The Hall–Kier alpha value is -8.41. The highest BCUT2D eigenvalue weighted by Crippen LogP contribution is 2.52. The lowest BCUT2D eigenvalue weighted by atomic mass is 9.82. The molecule has 1 aliphatic carbocycles. The van der Waals surface area contributed by atoms with Gasteiger partial charge >= 0.3 is 0 Å². The molecule has 0 amide bonds. The Morgan fingerprint density at radius 2 is 1.09 bits per heavy atom. The summed E-state index contributed by atoms with van der Waals surface area (Å²) in [6.45, 7) is 10.8. The van der Waals surface area contributed by atoms with Crippen LogP contribution in [-0.2, 0) is 5.41 Å². The predicted molar refractivity (Wildman–Crippen MR) is 277 cm³/mol. The van der Waals surface area contributed by atoms with Crippen molar-refractivity contribution in [1.29, 1.82) is 0 Å². The van der Waals surface area contributed by atoms with Gasteiger partial charge in [0.2, 0.25) is 0 Å². The first-order chi connectivity index (χ1) is 32.4. The van der Waals surface area contributed by atoms with E-state index in [1.165, 1.54) is 38.5 Å². The maximum absolute atomic E-state index is 5.53. The number of hydrogen-bond acceptors (Lipinski definition) is 2. The Morgan fingerprint density at radius 3 is 1.74 bits per heavy atom. The van der Waals surface area contributed by atoms with Crippen LogP contribution in [0.5, 0.6) is 0 Å². The summed E-state index contributed by atoms with van der Waals surface area (Å²) in [5.74, 6) is 0.877. The number of aromatic nitrogens is 4. The van der Waals surface area contributed by atoms with Crippen LogP contribution < -0.4 is 4.90 Å². The third kappa shape index (κ3) is 5.97. The molecule has 0 radical (unpaired) electrons. The fraction of sp³-hybridized carbons (Fsp3) is 0.0656. The van der Waals surface area contributed by atoms with Gasteiger partial charge in [0, 0.05) is 61.3 Å². The summed E-state index contributed by atoms with van der Waals surface area (Å²) in [5.41, 5.74) is 18.0. The number of hydrogen-bond donors (Lipinski definition) is 0. The number of imidazole rings is 1. The zero-order chi connectivity index (χ0) is 44.5. The van der Waals surface area contributed by atoms with Crippen molar-refractivity contribution < 1.29 is 0 Å². The van der Waals surface area contributed by atoms with Gasteiger partial charge in [-0.2, -0.15) is 0 Å². The van der Waals surface area contributed by atoms with E-state index in [1.807, 2.05) is 12.2 Å². The summed E-state index contributed by atoms with van der Waals surface area (Å²) in [6.07, 6.45) is 8.01. The maximum Gasteiger partial charge on any atom is 0.165 e. The van der Waals surface area contributed by atoms with Gasteiger partial charge in [-0.05, 0) is 120 Å². The van der Waals surface area contributed by atoms with E-state index in [-0.39, 0.29) is 5.41 Å². The van der Waals surface area contributed by atoms with Gasteiger partial charge in [-0.25, -0.2) is 4.98 Å². The zero-order valence-corrected chi connectivity index (χ0v) is 37.2. The molecule has 0 spiro atoms. The lowest BCUT2D eigenvalue weighted by Gasteiger charge is -2.28. The summed E-state index contributed by atoms with van der Waals surface area (Å²) in [5, 5.41) is 3.54. The van der Waals surface area contributed by atoms with Crippen LogP contribution in [0.25, 0.3) is 77.6 Å². The number of nitrogens with zero attached hydrogens (tertiary/aromatic N) is 5. The highest BCUT2D eigenvalue weighted by molar-refractivity contribution is 6.18. The molecule has 1 aliphatic rings. The fourth-order valence-corrected chi connectivity index (χ4v) is 10.5. The standard InChI is InChI=1S/C61H47N5/c1-5-7-22-41(6-2)59-62-60-58(66(59)45-29-18-11-19-30-45)52-39-51-50-31-20-21-32-55(50)64(56(51)40-57(52)65(60)44-27-16-10-17-28-44)47-34-36-49-48-35-33-46(37-53(48)61(3,4)54(49)38-47)63(42-23-12-8-13-24-42)43-25-14-9-15-26-43/h5-40H,1H2,2-4H3/b22-7-,41-6+. The summed E-state index contributed by atoms with van der Waals surface area (Å²) in [6, 6.07) is 70.3. The van der Waals surface area contributed by atoms with Crippen LogP contribution in [0.15, 0.2) is 225 Å². The van der Waals surface area contributed by atoms with Crippen molar-refractivity contribution in [2.24, 2.45) is 0 Å². The van der Waals surface area contributed by atoms with Gasteiger partial charge in [0.15, 0.2) is 5.65 Å². The first kappa shape index (κ1) is 39.2. The number of anilines is 3. The SMILES string of the molecule is C=C/C=C\C(=C/C)c1nc2c(c3cc4c5ccccc5n(-c5ccc6c(c5)C(C)(C)c5cc(N(c7ccccc7)c7ccccc7)ccc5-6)c4cc3n2-c2ccccc2)n1-c1ccccc1. The molecule has 0 N–H and O–H groups in total. The monoisotopic (exact) mass is 849 g/mol. The van der Waals surface area contributed by atoms with Gasteiger partial charge in [-0.3, -0.25) is 9.13 Å². The molecule has 0 fully saturated rings. The second kappa shape index (κ2) is 15.4. The van der Waals surface area contributed by atoms with Crippen molar-refractivity contribution in [3.8, 4) is 28.2 Å². The third-order valence-electron chi connectivity index (χ3n) is 13.6. The Bertz CT molecular complexity index is 3690. The molecule has 5 nitrogen and oxygen atoms in total. The molecule has 0 saturated carbocycles. The Kier molecular flexibility index (Phi) is 9.14. The van der Waals surface area contributed by atoms with Gasteiger partial charge in [0.05, 0.1) is 16.6 Å². The highest BCUT2D eigenvalue weighted by Gasteiger charge is 2.37. The van der Waals surface area contributed by atoms with Gasteiger partial charge < -0.3 is 9.47 Å². The van der Waals surface area contributed by atoms with Gasteiger partial charge in [-0.1, -0.05) is 148 Å². The van der Waals surface area contributed by atoms with E-state index < -0.39 is 0 Å². The molecule has 8 aromatic carbocycles. The van der Waals surface area contributed by atoms with Gasteiger partial charge in [0.25, 0.3) is 0 Å². The lowest BCUT2D eigenvalue weighted by molar-refractivity contribution is 0.660. The average molecular weight is 850 g/mol. The smallest absolute Gasteiger partial charge is 0.165 e. The predicted octanol–water partition coefficient (Wildman–Crippen LogP) is 16.0. The first-order valence-electron chi connectivity index (χ1n) is 22.7.